The van der Waals surface area contributed by atoms with Gasteiger partial charge in [-0.05, 0) is 18.2 Å². The zero-order valence-corrected chi connectivity index (χ0v) is 17.1. The lowest BCUT2D eigenvalue weighted by Crippen LogP contribution is -2.48. The highest BCUT2D eigenvalue weighted by atomic mass is 19.3. The number of morpholine rings is 1. The summed E-state index contributed by atoms with van der Waals surface area (Å²) in [4.78, 5) is 39.2. The van der Waals surface area contributed by atoms with Crippen LogP contribution in [-0.4, -0.2) is 61.9 Å². The van der Waals surface area contributed by atoms with Gasteiger partial charge in [0.05, 0.1) is 26.3 Å². The molecule has 2 aromatic carbocycles. The van der Waals surface area contributed by atoms with E-state index in [0.717, 1.165) is 6.07 Å². The highest BCUT2D eigenvalue weighted by Crippen LogP contribution is 2.21. The number of urea groups is 1. The second-order valence-corrected chi connectivity index (χ2v) is 7.05. The molecule has 1 aliphatic heterocycles. The number of rotatable bonds is 7. The highest BCUT2D eigenvalue weighted by Gasteiger charge is 2.25. The van der Waals surface area contributed by atoms with Gasteiger partial charge >= 0.3 is 12.5 Å². The number of ketones is 1. The average molecular weight is 449 g/mol. The largest absolute Gasteiger partial charge is 0.378 e. The Morgan fingerprint density at radius 3 is 2.38 bits per heavy atom. The molecule has 0 radical (unpaired) electrons. The van der Waals surface area contributed by atoms with Gasteiger partial charge in [-0.1, -0.05) is 30.3 Å². The van der Waals surface area contributed by atoms with E-state index in [1.165, 1.54) is 17.0 Å². The monoisotopic (exact) mass is 449 g/mol. The van der Waals surface area contributed by atoms with Gasteiger partial charge in [0.25, 0.3) is 5.91 Å². The van der Waals surface area contributed by atoms with Crippen LogP contribution in [0.4, 0.5) is 23.7 Å². The van der Waals surface area contributed by atoms with E-state index >= 15 is 0 Å². The smallest absolute Gasteiger partial charge is 0.324 e. The topological polar surface area (TPSA) is 79.0 Å². The Bertz CT molecular complexity index is 966. The average Bonchev–Trinajstić information content (AvgIpc) is 2.82. The summed E-state index contributed by atoms with van der Waals surface area (Å²) in [6.45, 7) is 0.921. The van der Waals surface area contributed by atoms with E-state index in [-0.39, 0.29) is 23.7 Å². The number of hydrogen-bond acceptors (Lipinski definition) is 4. The van der Waals surface area contributed by atoms with E-state index in [2.05, 4.69) is 0 Å². The molecular formula is C22H22F3N3O4. The molecule has 2 aromatic rings. The molecule has 0 spiro atoms. The molecule has 10 heteroatoms. The summed E-state index contributed by atoms with van der Waals surface area (Å²) in [6.07, 6.45) is -3.24. The van der Waals surface area contributed by atoms with Crippen molar-refractivity contribution in [1.82, 2.24) is 10.2 Å². The molecule has 0 aromatic heterocycles. The third-order valence-electron chi connectivity index (χ3n) is 4.91. The molecule has 170 valence electrons. The number of hydrogen-bond donors (Lipinski definition) is 1. The van der Waals surface area contributed by atoms with Crippen LogP contribution in [0.1, 0.15) is 15.9 Å². The van der Waals surface area contributed by atoms with Crippen LogP contribution >= 0.6 is 0 Å². The molecule has 7 nitrogen and oxygen atoms in total. The van der Waals surface area contributed by atoms with Gasteiger partial charge < -0.3 is 15.0 Å². The molecule has 0 unspecified atom stereocenters. The third kappa shape index (κ3) is 5.85. The van der Waals surface area contributed by atoms with E-state index in [9.17, 15) is 27.6 Å². The van der Waals surface area contributed by atoms with Gasteiger partial charge in [0, 0.05) is 29.9 Å². The van der Waals surface area contributed by atoms with Gasteiger partial charge in [0.2, 0.25) is 0 Å². The molecule has 0 aliphatic carbocycles. The van der Waals surface area contributed by atoms with Crippen molar-refractivity contribution in [1.29, 1.82) is 0 Å². The van der Waals surface area contributed by atoms with Crippen LogP contribution in [0.15, 0.2) is 48.5 Å². The molecule has 32 heavy (non-hydrogen) atoms. The summed E-state index contributed by atoms with van der Waals surface area (Å²) in [5.74, 6) is -3.02. The zero-order valence-electron chi connectivity index (χ0n) is 17.1. The second-order valence-electron chi connectivity index (χ2n) is 7.05. The summed E-state index contributed by atoms with van der Waals surface area (Å²) in [7, 11) is 0. The van der Waals surface area contributed by atoms with E-state index in [0.29, 0.717) is 32.0 Å². The molecule has 1 fully saturated rings. The molecule has 3 amide bonds. The fourth-order valence-corrected chi connectivity index (χ4v) is 3.17. The lowest BCUT2D eigenvalue weighted by molar-refractivity contribution is -0.131. The molecule has 1 saturated heterocycles. The van der Waals surface area contributed by atoms with Crippen LogP contribution in [0.5, 0.6) is 0 Å². The van der Waals surface area contributed by atoms with Crippen molar-refractivity contribution in [2.75, 3.05) is 37.7 Å². The van der Waals surface area contributed by atoms with E-state index in [1.807, 2.05) is 0 Å². The van der Waals surface area contributed by atoms with Crippen LogP contribution in [0, 0.1) is 5.82 Å². The molecule has 1 N–H and O–H groups in total. The minimum Gasteiger partial charge on any atom is -0.378 e. The van der Waals surface area contributed by atoms with Crippen LogP contribution < -0.4 is 10.2 Å². The summed E-state index contributed by atoms with van der Waals surface area (Å²) in [5, 5.41) is 1.79. The number of halogens is 3. The Morgan fingerprint density at radius 1 is 1.06 bits per heavy atom. The second kappa shape index (κ2) is 10.8. The summed E-state index contributed by atoms with van der Waals surface area (Å²) >= 11 is 0. The van der Waals surface area contributed by atoms with Crippen LogP contribution in [0.2, 0.25) is 0 Å². The maximum atomic E-state index is 14.8. The third-order valence-corrected chi connectivity index (χ3v) is 4.91. The number of anilines is 1. The first-order valence-corrected chi connectivity index (χ1v) is 9.93. The number of alkyl halides is 2. The van der Waals surface area contributed by atoms with Gasteiger partial charge in [0.15, 0.2) is 5.78 Å². The highest BCUT2D eigenvalue weighted by molar-refractivity contribution is 5.99. The molecule has 1 heterocycles. The van der Waals surface area contributed by atoms with Crippen LogP contribution in [0.3, 0.4) is 0 Å². The maximum absolute atomic E-state index is 14.8. The van der Waals surface area contributed by atoms with Crippen LogP contribution in [0.25, 0.3) is 0 Å². The van der Waals surface area contributed by atoms with Crippen molar-refractivity contribution in [2.45, 2.75) is 13.0 Å². The minimum atomic E-state index is -3.24. The molecule has 0 atom stereocenters. The first-order chi connectivity index (χ1) is 15.4. The lowest BCUT2D eigenvalue weighted by atomic mass is 10.1. The number of para-hydroxylation sites is 1. The summed E-state index contributed by atoms with van der Waals surface area (Å²) in [6, 6.07) is 12.2. The predicted molar refractivity (Wildman–Crippen MR) is 110 cm³/mol. The number of carbonyl (C=O) groups excluding carboxylic acids is 3. The number of Topliss-reactive ketones (excluding diaryl/α,β-unsaturated/α-hetero) is 1. The minimum absolute atomic E-state index is 0.0772. The molecule has 0 bridgehead atoms. The maximum Gasteiger partial charge on any atom is 0.324 e. The Balaban J connectivity index is 1.76. The number of nitrogens with one attached hydrogen (secondary N) is 1. The molecular weight excluding hydrogens is 427 g/mol. The van der Waals surface area contributed by atoms with Gasteiger partial charge in [-0.2, -0.15) is 8.78 Å². The fourth-order valence-electron chi connectivity index (χ4n) is 3.17. The predicted octanol–water partition coefficient (Wildman–Crippen LogP) is 2.85. The van der Waals surface area contributed by atoms with E-state index in [1.54, 1.807) is 40.5 Å². The Labute approximate surface area is 182 Å². The molecule has 3 rings (SSSR count). The van der Waals surface area contributed by atoms with Crippen molar-refractivity contribution < 1.29 is 32.3 Å². The quantitative estimate of drug-likeness (QED) is 0.660. The number of benzene rings is 2. The number of amides is 3. The zero-order chi connectivity index (χ0) is 23.1. The Morgan fingerprint density at radius 2 is 1.75 bits per heavy atom. The van der Waals surface area contributed by atoms with E-state index in [4.69, 9.17) is 4.74 Å². The number of nitrogens with zero attached hydrogens (tertiary/aromatic N) is 2. The first kappa shape index (κ1) is 23.3. The fraction of sp³-hybridized carbons (Fsp3) is 0.318. The van der Waals surface area contributed by atoms with Crippen LogP contribution in [-0.2, 0) is 16.1 Å². The standard InChI is InChI=1S/C22H22F3N3O4/c23-18-12-15(19(29)13-26-21(30)20(24)25)6-7-16(18)14-28(17-4-2-1-3-5-17)22(31)27-8-10-32-11-9-27/h1-7,12,20H,8-11,13-14H2,(H,26,30). The Kier molecular flexibility index (Phi) is 7.82. The van der Waals surface area contributed by atoms with Crippen molar-refractivity contribution >= 4 is 23.4 Å². The summed E-state index contributed by atoms with van der Waals surface area (Å²) in [5.41, 5.74) is 0.675. The normalized spacial score (nSPS) is 13.7. The van der Waals surface area contributed by atoms with E-state index < -0.39 is 30.5 Å². The van der Waals surface area contributed by atoms with Crippen molar-refractivity contribution in [3.05, 3.63) is 65.5 Å². The van der Waals surface area contributed by atoms with Crippen molar-refractivity contribution in [3.8, 4) is 0 Å². The number of ether oxygens (including phenoxy) is 1. The molecule has 1 aliphatic rings. The van der Waals surface area contributed by atoms with Crippen molar-refractivity contribution in [2.24, 2.45) is 0 Å². The number of carbonyl (C=O) groups is 3. The molecule has 0 saturated carbocycles. The SMILES string of the molecule is O=C(CNC(=O)C(F)F)c1ccc(CN(C(=O)N2CCOCC2)c2ccccc2)c(F)c1. The lowest BCUT2D eigenvalue weighted by Gasteiger charge is -2.33. The van der Waals surface area contributed by atoms with Gasteiger partial charge in [-0.15, -0.1) is 0 Å². The first-order valence-electron chi connectivity index (χ1n) is 9.93. The summed E-state index contributed by atoms with van der Waals surface area (Å²) < 4.78 is 44.5. The van der Waals surface area contributed by atoms with Crippen molar-refractivity contribution in [3.63, 3.8) is 0 Å². The van der Waals surface area contributed by atoms with Gasteiger partial charge in [-0.25, -0.2) is 9.18 Å². The van der Waals surface area contributed by atoms with Gasteiger partial charge in [0.1, 0.15) is 5.82 Å². The Hall–Kier alpha value is -3.40. The van der Waals surface area contributed by atoms with Gasteiger partial charge in [-0.3, -0.25) is 14.5 Å².